The van der Waals surface area contributed by atoms with Crippen LogP contribution in [0.3, 0.4) is 0 Å². The van der Waals surface area contributed by atoms with E-state index in [1.807, 2.05) is 17.0 Å². The van der Waals surface area contributed by atoms with Crippen molar-refractivity contribution in [3.63, 3.8) is 0 Å². The van der Waals surface area contributed by atoms with E-state index in [0.29, 0.717) is 6.54 Å². The quantitative estimate of drug-likeness (QED) is 0.671. The van der Waals surface area contributed by atoms with Crippen molar-refractivity contribution in [2.75, 3.05) is 17.3 Å². The number of benzene rings is 1. The number of rotatable bonds is 3. The molecule has 0 bridgehead atoms. The van der Waals surface area contributed by atoms with Crippen LogP contribution >= 0.6 is 0 Å². The first kappa shape index (κ1) is 21.7. The van der Waals surface area contributed by atoms with E-state index in [4.69, 9.17) is 4.74 Å². The van der Waals surface area contributed by atoms with Crippen LogP contribution in [-0.4, -0.2) is 24.1 Å². The second-order valence-electron chi connectivity index (χ2n) is 9.33. The van der Waals surface area contributed by atoms with Gasteiger partial charge in [0.1, 0.15) is 5.82 Å². The number of aromatic nitrogens is 1. The summed E-state index contributed by atoms with van der Waals surface area (Å²) in [4.78, 5) is 20.3. The number of methoxy groups -OCH3 is 1. The summed E-state index contributed by atoms with van der Waals surface area (Å²) in [5, 5.41) is 12.7. The molecular formula is C27H30N4O2. The van der Waals surface area contributed by atoms with Crippen molar-refractivity contribution in [3.05, 3.63) is 53.7 Å². The van der Waals surface area contributed by atoms with Crippen LogP contribution in [-0.2, 0) is 16.1 Å². The summed E-state index contributed by atoms with van der Waals surface area (Å²) in [5.41, 5.74) is 5.22. The summed E-state index contributed by atoms with van der Waals surface area (Å²) in [6.07, 6.45) is 10.4. The fourth-order valence-corrected chi connectivity index (χ4v) is 5.30. The van der Waals surface area contributed by atoms with E-state index in [1.54, 1.807) is 13.3 Å². The largest absolute Gasteiger partial charge is 0.381 e. The van der Waals surface area contributed by atoms with Gasteiger partial charge >= 0.3 is 0 Å². The Balaban J connectivity index is 1.50. The lowest BCUT2D eigenvalue weighted by Gasteiger charge is -2.32. The fraction of sp³-hybridized carbons (Fsp3) is 0.444. The lowest BCUT2D eigenvalue weighted by Crippen LogP contribution is -2.38. The molecular weight excluding hydrogens is 412 g/mol. The highest BCUT2D eigenvalue weighted by Crippen LogP contribution is 2.40. The second-order valence-corrected chi connectivity index (χ2v) is 9.33. The SMILES string of the molecule is COC1CCC(C(=O)N2Cc3cccnc3Nc3ccc(C4=CCC(C#N)CC4)cc32)CC1. The Morgan fingerprint density at radius 2 is 2.06 bits per heavy atom. The number of pyridine rings is 1. The molecule has 5 rings (SSSR count). The molecule has 0 saturated heterocycles. The number of nitriles is 1. The highest BCUT2D eigenvalue weighted by Gasteiger charge is 2.33. The van der Waals surface area contributed by atoms with Crippen LogP contribution in [0, 0.1) is 23.2 Å². The van der Waals surface area contributed by atoms with Gasteiger partial charge < -0.3 is 15.0 Å². The molecule has 1 aromatic heterocycles. The molecule has 2 aliphatic carbocycles. The standard InChI is InChI=1S/C27H30N4O2/c1-33-23-11-8-20(9-12-23)27(32)31-17-22-3-2-14-29-26(22)30-24-13-10-21(15-25(24)31)19-6-4-18(16-28)5-7-19/h2-3,6,10,13-15,18,20,23H,4-5,7-9,11-12,17H2,1H3,(H,29,30). The summed E-state index contributed by atoms with van der Waals surface area (Å²) >= 11 is 0. The number of nitrogens with one attached hydrogen (secondary N) is 1. The first-order valence-corrected chi connectivity index (χ1v) is 11.9. The minimum atomic E-state index is 0.0106. The lowest BCUT2D eigenvalue weighted by atomic mass is 9.85. The molecule has 1 amide bonds. The molecule has 1 atom stereocenters. The van der Waals surface area contributed by atoms with Crippen molar-refractivity contribution >= 4 is 28.7 Å². The van der Waals surface area contributed by atoms with E-state index in [9.17, 15) is 10.1 Å². The minimum Gasteiger partial charge on any atom is -0.381 e. The Hall–Kier alpha value is -3.17. The molecule has 3 aliphatic rings. The summed E-state index contributed by atoms with van der Waals surface area (Å²) in [6.45, 7) is 0.505. The number of anilines is 3. The van der Waals surface area contributed by atoms with Crippen LogP contribution in [0.5, 0.6) is 0 Å². The molecule has 6 heteroatoms. The number of fused-ring (bicyclic) bond motifs is 2. The number of carbonyl (C=O) groups excluding carboxylic acids is 1. The zero-order valence-electron chi connectivity index (χ0n) is 19.1. The van der Waals surface area contributed by atoms with Crippen molar-refractivity contribution in [1.82, 2.24) is 4.98 Å². The third-order valence-corrected chi connectivity index (χ3v) is 7.35. The molecule has 0 radical (unpaired) electrons. The monoisotopic (exact) mass is 442 g/mol. The first-order chi connectivity index (χ1) is 16.2. The van der Waals surface area contributed by atoms with Crippen molar-refractivity contribution in [2.45, 2.75) is 57.6 Å². The maximum Gasteiger partial charge on any atom is 0.230 e. The van der Waals surface area contributed by atoms with E-state index < -0.39 is 0 Å². The van der Waals surface area contributed by atoms with Crippen LogP contribution in [0.4, 0.5) is 17.2 Å². The van der Waals surface area contributed by atoms with Gasteiger partial charge in [0.25, 0.3) is 0 Å². The molecule has 1 unspecified atom stereocenters. The maximum absolute atomic E-state index is 13.8. The van der Waals surface area contributed by atoms with Gasteiger partial charge in [-0.3, -0.25) is 4.79 Å². The topological polar surface area (TPSA) is 78.2 Å². The zero-order valence-corrected chi connectivity index (χ0v) is 19.1. The van der Waals surface area contributed by atoms with Crippen molar-refractivity contribution in [3.8, 4) is 6.07 Å². The van der Waals surface area contributed by atoms with Gasteiger partial charge in [-0.1, -0.05) is 18.2 Å². The van der Waals surface area contributed by atoms with Crippen LogP contribution in [0.2, 0.25) is 0 Å². The number of allylic oxidation sites excluding steroid dienone is 2. The van der Waals surface area contributed by atoms with Crippen LogP contribution in [0.15, 0.2) is 42.6 Å². The van der Waals surface area contributed by atoms with Gasteiger partial charge in [-0.15, -0.1) is 0 Å². The predicted octanol–water partition coefficient (Wildman–Crippen LogP) is 5.58. The maximum atomic E-state index is 13.8. The minimum absolute atomic E-state index is 0.0106. The van der Waals surface area contributed by atoms with Gasteiger partial charge in [0.2, 0.25) is 5.91 Å². The average Bonchev–Trinajstić information content (AvgIpc) is 3.04. The summed E-state index contributed by atoms with van der Waals surface area (Å²) in [5.74, 6) is 1.11. The number of amides is 1. The average molecular weight is 443 g/mol. The molecule has 170 valence electrons. The van der Waals surface area contributed by atoms with Gasteiger partial charge in [0.15, 0.2) is 0 Å². The Morgan fingerprint density at radius 1 is 1.21 bits per heavy atom. The second kappa shape index (κ2) is 9.36. The highest BCUT2D eigenvalue weighted by molar-refractivity contribution is 6.00. The molecule has 1 saturated carbocycles. The van der Waals surface area contributed by atoms with E-state index in [2.05, 4.69) is 40.6 Å². The van der Waals surface area contributed by atoms with Crippen LogP contribution < -0.4 is 10.2 Å². The number of ether oxygens (including phenoxy) is 1. The Morgan fingerprint density at radius 3 is 2.79 bits per heavy atom. The molecule has 1 aliphatic heterocycles. The molecule has 1 aromatic carbocycles. The van der Waals surface area contributed by atoms with Gasteiger partial charge in [0, 0.05) is 24.8 Å². The third kappa shape index (κ3) is 4.38. The smallest absolute Gasteiger partial charge is 0.230 e. The fourth-order valence-electron chi connectivity index (χ4n) is 5.30. The summed E-state index contributed by atoms with van der Waals surface area (Å²) in [7, 11) is 1.76. The Bertz CT molecular complexity index is 1110. The summed E-state index contributed by atoms with van der Waals surface area (Å²) < 4.78 is 5.52. The van der Waals surface area contributed by atoms with Gasteiger partial charge in [-0.25, -0.2) is 4.98 Å². The highest BCUT2D eigenvalue weighted by atomic mass is 16.5. The van der Waals surface area contributed by atoms with E-state index in [1.165, 1.54) is 5.57 Å². The normalized spacial score (nSPS) is 24.4. The van der Waals surface area contributed by atoms with Gasteiger partial charge in [0.05, 0.1) is 36.0 Å². The van der Waals surface area contributed by atoms with E-state index in [0.717, 1.165) is 73.3 Å². The molecule has 2 aromatic rings. The zero-order chi connectivity index (χ0) is 22.8. The van der Waals surface area contributed by atoms with Gasteiger partial charge in [-0.05, 0) is 74.3 Å². The van der Waals surface area contributed by atoms with E-state index in [-0.39, 0.29) is 23.8 Å². The van der Waals surface area contributed by atoms with Crippen molar-refractivity contribution < 1.29 is 9.53 Å². The molecule has 1 N–H and O–H groups in total. The number of hydrogen-bond acceptors (Lipinski definition) is 5. The molecule has 1 fully saturated rings. The Kier molecular flexibility index (Phi) is 6.15. The Labute approximate surface area is 195 Å². The lowest BCUT2D eigenvalue weighted by molar-refractivity contribution is -0.124. The van der Waals surface area contributed by atoms with E-state index >= 15 is 0 Å². The number of carbonyl (C=O) groups is 1. The van der Waals surface area contributed by atoms with Crippen LogP contribution in [0.25, 0.3) is 5.57 Å². The van der Waals surface area contributed by atoms with Crippen molar-refractivity contribution in [1.29, 1.82) is 5.26 Å². The summed E-state index contributed by atoms with van der Waals surface area (Å²) in [6, 6.07) is 12.7. The predicted molar refractivity (Wildman–Crippen MR) is 129 cm³/mol. The van der Waals surface area contributed by atoms with Crippen LogP contribution in [0.1, 0.15) is 56.1 Å². The third-order valence-electron chi connectivity index (χ3n) is 7.35. The molecule has 2 heterocycles. The molecule has 0 spiro atoms. The van der Waals surface area contributed by atoms with Gasteiger partial charge in [-0.2, -0.15) is 5.26 Å². The first-order valence-electron chi connectivity index (χ1n) is 11.9. The number of nitrogens with zero attached hydrogens (tertiary/aromatic N) is 3. The molecule has 6 nitrogen and oxygen atoms in total. The molecule has 33 heavy (non-hydrogen) atoms. The van der Waals surface area contributed by atoms with Crippen molar-refractivity contribution in [2.24, 2.45) is 11.8 Å². The number of hydrogen-bond donors (Lipinski definition) is 1.